The molecule has 0 spiro atoms. The molecule has 24 heavy (non-hydrogen) atoms. The Morgan fingerprint density at radius 2 is 1.96 bits per heavy atom. The van der Waals surface area contributed by atoms with Crippen molar-refractivity contribution in [2.45, 2.75) is 91.1 Å². The van der Waals surface area contributed by atoms with Crippen molar-refractivity contribution in [2.24, 2.45) is 23.7 Å². The first-order chi connectivity index (χ1) is 11.3. The average molecular weight is 341 g/mol. The summed E-state index contributed by atoms with van der Waals surface area (Å²) in [5.74, 6) is 0.972. The van der Waals surface area contributed by atoms with Gasteiger partial charge in [0.2, 0.25) is 0 Å². The Morgan fingerprint density at radius 1 is 1.25 bits per heavy atom. The van der Waals surface area contributed by atoms with Crippen molar-refractivity contribution in [1.82, 2.24) is 0 Å². The maximum absolute atomic E-state index is 12.6. The first-order valence-corrected chi connectivity index (χ1v) is 9.81. The van der Waals surface area contributed by atoms with Gasteiger partial charge in [0.25, 0.3) is 0 Å². The SMILES string of the molecule is CC[C@H]1CCC([C@H](C)C(=O)C[C@@H](O)[C@@H](C)C2OC[C@@H](C)C[C@@H]2C)O1. The van der Waals surface area contributed by atoms with Gasteiger partial charge in [0.1, 0.15) is 5.78 Å². The summed E-state index contributed by atoms with van der Waals surface area (Å²) >= 11 is 0. The first-order valence-electron chi connectivity index (χ1n) is 9.81. The third-order valence-electron chi connectivity index (χ3n) is 6.10. The van der Waals surface area contributed by atoms with Crippen LogP contribution in [0.15, 0.2) is 0 Å². The van der Waals surface area contributed by atoms with E-state index in [1.165, 1.54) is 0 Å². The zero-order chi connectivity index (χ0) is 17.9. The molecule has 2 aliphatic heterocycles. The highest BCUT2D eigenvalue weighted by Crippen LogP contribution is 2.32. The van der Waals surface area contributed by atoms with Gasteiger partial charge in [-0.15, -0.1) is 0 Å². The van der Waals surface area contributed by atoms with Gasteiger partial charge in [-0.05, 0) is 37.5 Å². The van der Waals surface area contributed by atoms with Crippen LogP contribution in [0.3, 0.4) is 0 Å². The Balaban J connectivity index is 1.84. The number of ether oxygens (including phenoxy) is 2. The lowest BCUT2D eigenvalue weighted by Gasteiger charge is -2.38. The zero-order valence-corrected chi connectivity index (χ0v) is 16.0. The number of hydrogen-bond acceptors (Lipinski definition) is 4. The Hall–Kier alpha value is -0.450. The number of aliphatic hydroxyl groups excluding tert-OH is 1. The minimum Gasteiger partial charge on any atom is -0.392 e. The molecule has 2 fully saturated rings. The van der Waals surface area contributed by atoms with Gasteiger partial charge in [0.05, 0.1) is 24.4 Å². The maximum atomic E-state index is 12.6. The Kier molecular flexibility index (Phi) is 7.26. The summed E-state index contributed by atoms with van der Waals surface area (Å²) in [7, 11) is 0. The molecule has 4 heteroatoms. The van der Waals surface area contributed by atoms with Gasteiger partial charge in [-0.3, -0.25) is 4.79 Å². The van der Waals surface area contributed by atoms with Crippen LogP contribution in [0, 0.1) is 23.7 Å². The van der Waals surface area contributed by atoms with E-state index in [1.54, 1.807) is 0 Å². The van der Waals surface area contributed by atoms with Crippen LogP contribution >= 0.6 is 0 Å². The molecule has 2 heterocycles. The molecule has 0 aromatic rings. The van der Waals surface area contributed by atoms with Gasteiger partial charge in [-0.1, -0.05) is 34.6 Å². The number of aliphatic hydroxyl groups is 1. The smallest absolute Gasteiger partial charge is 0.140 e. The summed E-state index contributed by atoms with van der Waals surface area (Å²) in [5, 5.41) is 10.6. The lowest BCUT2D eigenvalue weighted by molar-refractivity contribution is -0.133. The van der Waals surface area contributed by atoms with Crippen molar-refractivity contribution in [3.63, 3.8) is 0 Å². The van der Waals surface area contributed by atoms with Gasteiger partial charge < -0.3 is 14.6 Å². The molecular formula is C20H36O4. The third-order valence-corrected chi connectivity index (χ3v) is 6.10. The Labute approximate surface area is 147 Å². The van der Waals surface area contributed by atoms with Crippen LogP contribution in [-0.2, 0) is 14.3 Å². The van der Waals surface area contributed by atoms with Gasteiger partial charge in [-0.25, -0.2) is 0 Å². The standard InChI is InChI=1S/C20H36O4/c1-6-16-7-8-19(24-16)14(4)17(21)10-18(22)15(5)20-13(3)9-12(2)11-23-20/h12-16,18-20,22H,6-11H2,1-5H3/t12-,13-,14+,15+,16-,18+,19?,20?/m0/s1. The highest BCUT2D eigenvalue weighted by molar-refractivity contribution is 5.81. The molecule has 2 rings (SSSR count). The highest BCUT2D eigenvalue weighted by Gasteiger charge is 2.37. The summed E-state index contributed by atoms with van der Waals surface area (Å²) in [6, 6.07) is 0. The van der Waals surface area contributed by atoms with E-state index in [9.17, 15) is 9.90 Å². The summed E-state index contributed by atoms with van der Waals surface area (Å²) in [6.07, 6.45) is 4.08. The molecule has 0 amide bonds. The minimum atomic E-state index is -0.635. The van der Waals surface area contributed by atoms with Crippen LogP contribution in [0.1, 0.15) is 66.7 Å². The van der Waals surface area contributed by atoms with Crippen LogP contribution in [0.5, 0.6) is 0 Å². The van der Waals surface area contributed by atoms with Crippen molar-refractivity contribution in [1.29, 1.82) is 0 Å². The second-order valence-corrected chi connectivity index (χ2v) is 8.28. The van der Waals surface area contributed by atoms with Crippen LogP contribution in [0.2, 0.25) is 0 Å². The number of hydrogen-bond donors (Lipinski definition) is 1. The van der Waals surface area contributed by atoms with Crippen LogP contribution < -0.4 is 0 Å². The number of ketones is 1. The molecule has 0 aromatic heterocycles. The van der Waals surface area contributed by atoms with E-state index < -0.39 is 6.10 Å². The number of carbonyl (C=O) groups is 1. The molecule has 0 aromatic carbocycles. The van der Waals surface area contributed by atoms with E-state index in [1.807, 2.05) is 13.8 Å². The molecule has 2 aliphatic rings. The van der Waals surface area contributed by atoms with Crippen LogP contribution in [0.25, 0.3) is 0 Å². The van der Waals surface area contributed by atoms with Gasteiger partial charge in [-0.2, -0.15) is 0 Å². The minimum absolute atomic E-state index is 0.0171. The summed E-state index contributed by atoms with van der Waals surface area (Å²) < 4.78 is 11.9. The summed E-state index contributed by atoms with van der Waals surface area (Å²) in [6.45, 7) is 11.2. The van der Waals surface area contributed by atoms with Crippen molar-refractivity contribution in [3.05, 3.63) is 0 Å². The topological polar surface area (TPSA) is 55.8 Å². The molecule has 0 radical (unpaired) electrons. The lowest BCUT2D eigenvalue weighted by atomic mass is 9.80. The molecular weight excluding hydrogens is 304 g/mol. The highest BCUT2D eigenvalue weighted by atomic mass is 16.5. The average Bonchev–Trinajstić information content (AvgIpc) is 3.02. The molecule has 2 unspecified atom stereocenters. The lowest BCUT2D eigenvalue weighted by Crippen LogP contribution is -2.42. The molecule has 140 valence electrons. The normalized spacial score (nSPS) is 37.8. The molecule has 0 aliphatic carbocycles. The van der Waals surface area contributed by atoms with Crippen LogP contribution in [-0.4, -0.2) is 41.9 Å². The molecule has 0 bridgehead atoms. The number of rotatable bonds is 7. The predicted molar refractivity (Wildman–Crippen MR) is 94.8 cm³/mol. The van der Waals surface area contributed by atoms with Gasteiger partial charge in [0.15, 0.2) is 0 Å². The molecule has 1 N–H and O–H groups in total. The van der Waals surface area contributed by atoms with E-state index in [2.05, 4.69) is 20.8 Å². The quantitative estimate of drug-likeness (QED) is 0.769. The fraction of sp³-hybridized carbons (Fsp3) is 0.950. The number of Topliss-reactive ketones (excluding diaryl/α,β-unsaturated/α-hetero) is 1. The van der Waals surface area contributed by atoms with Crippen molar-refractivity contribution in [3.8, 4) is 0 Å². The maximum Gasteiger partial charge on any atom is 0.140 e. The fourth-order valence-corrected chi connectivity index (χ4v) is 4.35. The van der Waals surface area contributed by atoms with E-state index >= 15 is 0 Å². The fourth-order valence-electron chi connectivity index (χ4n) is 4.35. The third kappa shape index (κ3) is 4.80. The second-order valence-electron chi connectivity index (χ2n) is 8.28. The molecule has 8 atom stereocenters. The van der Waals surface area contributed by atoms with Crippen LogP contribution in [0.4, 0.5) is 0 Å². The molecule has 0 saturated carbocycles. The predicted octanol–water partition coefficient (Wildman–Crippen LogP) is 3.60. The van der Waals surface area contributed by atoms with E-state index in [4.69, 9.17) is 9.47 Å². The van der Waals surface area contributed by atoms with Crippen molar-refractivity contribution >= 4 is 5.78 Å². The largest absolute Gasteiger partial charge is 0.392 e. The molecule has 4 nitrogen and oxygen atoms in total. The second kappa shape index (κ2) is 8.77. The first kappa shape index (κ1) is 19.9. The summed E-state index contributed by atoms with van der Waals surface area (Å²) in [5.41, 5.74) is 0. The number of carbonyl (C=O) groups excluding carboxylic acids is 1. The van der Waals surface area contributed by atoms with Crippen molar-refractivity contribution in [2.75, 3.05) is 6.61 Å². The zero-order valence-electron chi connectivity index (χ0n) is 16.0. The monoisotopic (exact) mass is 340 g/mol. The van der Waals surface area contributed by atoms with Gasteiger partial charge >= 0.3 is 0 Å². The van der Waals surface area contributed by atoms with Gasteiger partial charge in [0, 0.05) is 24.9 Å². The van der Waals surface area contributed by atoms with E-state index in [0.29, 0.717) is 17.9 Å². The Bertz CT molecular complexity index is 410. The Morgan fingerprint density at radius 3 is 2.54 bits per heavy atom. The van der Waals surface area contributed by atoms with E-state index in [0.717, 1.165) is 32.3 Å². The molecule has 2 saturated heterocycles. The summed E-state index contributed by atoms with van der Waals surface area (Å²) in [4.78, 5) is 12.6. The van der Waals surface area contributed by atoms with Crippen molar-refractivity contribution < 1.29 is 19.4 Å². The van der Waals surface area contributed by atoms with E-state index in [-0.39, 0.29) is 36.2 Å².